The molecule has 0 saturated heterocycles. The molecule has 0 N–H and O–H groups in total. The van der Waals surface area contributed by atoms with Crippen molar-refractivity contribution in [1.82, 2.24) is 4.98 Å². The first-order chi connectivity index (χ1) is 6.07. The van der Waals surface area contributed by atoms with Crippen molar-refractivity contribution >= 4 is 11.3 Å². The quantitative estimate of drug-likeness (QED) is 0.605. The number of hydrogen-bond donors (Lipinski definition) is 0. The molecule has 68 valence electrons. The number of rotatable bonds is 0. The van der Waals surface area contributed by atoms with E-state index in [-0.39, 0.29) is 5.54 Å². The van der Waals surface area contributed by atoms with Gasteiger partial charge in [0, 0.05) is 6.20 Å². The molecule has 0 aliphatic carbocycles. The Bertz CT molecular complexity index is 468. The van der Waals surface area contributed by atoms with E-state index in [2.05, 4.69) is 28.8 Å². The normalized spacial score (nSPS) is 18.4. The van der Waals surface area contributed by atoms with Gasteiger partial charge in [0.25, 0.3) is 0 Å². The van der Waals surface area contributed by atoms with Crippen LogP contribution in [0.3, 0.4) is 0 Å². The first-order valence-electron chi connectivity index (χ1n) is 4.16. The van der Waals surface area contributed by atoms with Gasteiger partial charge in [-0.15, -0.1) is 0 Å². The molecule has 0 radical (unpaired) electrons. The Labute approximate surface area is 80.6 Å². The van der Waals surface area contributed by atoms with E-state index in [1.165, 1.54) is 0 Å². The van der Waals surface area contributed by atoms with Gasteiger partial charge in [0.05, 0.1) is 10.5 Å². The van der Waals surface area contributed by atoms with Crippen LogP contribution in [0.15, 0.2) is 22.3 Å². The van der Waals surface area contributed by atoms with Crippen LogP contribution in [0.2, 0.25) is 0 Å². The fraction of sp³-hybridized carbons (Fsp3) is 0.444. The fourth-order valence-corrected chi connectivity index (χ4v) is 2.03. The molecule has 2 heterocycles. The first-order valence-corrected chi connectivity index (χ1v) is 4.97. The minimum absolute atomic E-state index is 0.159. The van der Waals surface area contributed by atoms with Gasteiger partial charge in [-0.1, -0.05) is 11.3 Å². The summed E-state index contributed by atoms with van der Waals surface area (Å²) in [6.45, 7) is 6.09. The third kappa shape index (κ3) is 1.67. The SMILES string of the molecule is Cc1nc2c(s1)=NC(C)(C)C=CN=2. The average Bonchev–Trinajstić information content (AvgIpc) is 2.23. The largest absolute Gasteiger partial charge is 0.261 e. The molecule has 0 aromatic carbocycles. The zero-order valence-corrected chi connectivity index (χ0v) is 8.72. The molecule has 0 fully saturated rings. The van der Waals surface area contributed by atoms with Gasteiger partial charge in [0.1, 0.15) is 0 Å². The third-order valence-electron chi connectivity index (χ3n) is 1.77. The highest BCUT2D eigenvalue weighted by molar-refractivity contribution is 7.08. The van der Waals surface area contributed by atoms with Crippen LogP contribution < -0.4 is 10.2 Å². The van der Waals surface area contributed by atoms with E-state index in [1.807, 2.05) is 13.0 Å². The lowest BCUT2D eigenvalue weighted by Gasteiger charge is -2.10. The van der Waals surface area contributed by atoms with Crippen LogP contribution in [0, 0.1) is 6.92 Å². The van der Waals surface area contributed by atoms with Crippen molar-refractivity contribution in [2.75, 3.05) is 0 Å². The molecule has 1 aromatic rings. The maximum atomic E-state index is 4.57. The van der Waals surface area contributed by atoms with Crippen molar-refractivity contribution < 1.29 is 0 Å². The topological polar surface area (TPSA) is 37.6 Å². The van der Waals surface area contributed by atoms with Gasteiger partial charge >= 0.3 is 0 Å². The number of aryl methyl sites for hydroxylation is 1. The number of hydrogen-bond acceptors (Lipinski definition) is 4. The lowest BCUT2D eigenvalue weighted by atomic mass is 10.1. The molecule has 0 bridgehead atoms. The summed E-state index contributed by atoms with van der Waals surface area (Å²) >= 11 is 1.59. The molecular formula is C9H11N3S. The molecule has 0 spiro atoms. The molecule has 4 heteroatoms. The summed E-state index contributed by atoms with van der Waals surface area (Å²) in [6, 6.07) is 0. The predicted molar refractivity (Wildman–Crippen MR) is 52.4 cm³/mol. The van der Waals surface area contributed by atoms with E-state index >= 15 is 0 Å². The summed E-state index contributed by atoms with van der Waals surface area (Å²) in [7, 11) is 0. The monoisotopic (exact) mass is 193 g/mol. The second kappa shape index (κ2) is 2.73. The molecule has 1 aliphatic rings. The molecular weight excluding hydrogens is 182 g/mol. The van der Waals surface area contributed by atoms with Crippen molar-refractivity contribution in [2.24, 2.45) is 9.98 Å². The Balaban J connectivity index is 2.76. The molecule has 1 aromatic heterocycles. The highest BCUT2D eigenvalue weighted by Crippen LogP contribution is 2.10. The van der Waals surface area contributed by atoms with Crippen molar-refractivity contribution in [3.63, 3.8) is 0 Å². The van der Waals surface area contributed by atoms with Crippen LogP contribution in [0.25, 0.3) is 0 Å². The Morgan fingerprint density at radius 3 is 2.92 bits per heavy atom. The highest BCUT2D eigenvalue weighted by atomic mass is 32.1. The lowest BCUT2D eigenvalue weighted by molar-refractivity contribution is 0.641. The Morgan fingerprint density at radius 2 is 2.15 bits per heavy atom. The standard InChI is InChI=1S/C9H11N3S/c1-6-11-7-8(13-6)12-9(2,3)4-5-10-7/h4-5H,1-3H3. The van der Waals surface area contributed by atoms with Gasteiger partial charge in [0.15, 0.2) is 10.2 Å². The van der Waals surface area contributed by atoms with Crippen LogP contribution in [0.4, 0.5) is 0 Å². The molecule has 0 saturated carbocycles. The molecule has 0 atom stereocenters. The van der Waals surface area contributed by atoms with Gasteiger partial charge in [-0.3, -0.25) is 4.99 Å². The average molecular weight is 193 g/mol. The van der Waals surface area contributed by atoms with Crippen LogP contribution in [0.5, 0.6) is 0 Å². The predicted octanol–water partition coefficient (Wildman–Crippen LogP) is 0.997. The summed E-state index contributed by atoms with van der Waals surface area (Å²) < 4.78 is 0.938. The van der Waals surface area contributed by atoms with Crippen LogP contribution >= 0.6 is 11.3 Å². The number of fused-ring (bicyclic) bond motifs is 1. The number of aromatic nitrogens is 1. The van der Waals surface area contributed by atoms with E-state index in [4.69, 9.17) is 0 Å². The Hall–Kier alpha value is -1.03. The number of nitrogens with zero attached hydrogens (tertiary/aromatic N) is 3. The first kappa shape index (κ1) is 8.56. The summed E-state index contributed by atoms with van der Waals surface area (Å²) in [5.74, 6) is 0. The third-order valence-corrected chi connectivity index (χ3v) is 2.62. The van der Waals surface area contributed by atoms with Crippen LogP contribution in [-0.4, -0.2) is 10.5 Å². The van der Waals surface area contributed by atoms with Crippen molar-refractivity contribution in [3.05, 3.63) is 27.4 Å². The lowest BCUT2D eigenvalue weighted by Crippen LogP contribution is -2.25. The fourth-order valence-electron chi connectivity index (χ4n) is 1.15. The molecule has 2 rings (SSSR count). The zero-order valence-electron chi connectivity index (χ0n) is 7.90. The minimum Gasteiger partial charge on any atom is -0.261 e. The van der Waals surface area contributed by atoms with Crippen LogP contribution in [-0.2, 0) is 0 Å². The maximum Gasteiger partial charge on any atom is 0.189 e. The molecule has 0 unspecified atom stereocenters. The van der Waals surface area contributed by atoms with E-state index < -0.39 is 0 Å². The summed E-state index contributed by atoms with van der Waals surface area (Å²) in [5.41, 5.74) is 0.595. The molecule has 3 nitrogen and oxygen atoms in total. The van der Waals surface area contributed by atoms with Crippen molar-refractivity contribution in [3.8, 4) is 0 Å². The van der Waals surface area contributed by atoms with Crippen molar-refractivity contribution in [2.45, 2.75) is 26.3 Å². The van der Waals surface area contributed by atoms with E-state index in [0.29, 0.717) is 0 Å². The smallest absolute Gasteiger partial charge is 0.189 e. The van der Waals surface area contributed by atoms with Gasteiger partial charge in [-0.2, -0.15) is 0 Å². The van der Waals surface area contributed by atoms with Crippen LogP contribution in [0.1, 0.15) is 18.9 Å². The second-order valence-electron chi connectivity index (χ2n) is 3.57. The summed E-state index contributed by atoms with van der Waals surface area (Å²) in [6.07, 6.45) is 3.77. The summed E-state index contributed by atoms with van der Waals surface area (Å²) in [5, 5.41) is 1.02. The van der Waals surface area contributed by atoms with Gasteiger partial charge in [0.2, 0.25) is 0 Å². The zero-order chi connectivity index (χ0) is 9.47. The maximum absolute atomic E-state index is 4.57. The Morgan fingerprint density at radius 1 is 1.38 bits per heavy atom. The van der Waals surface area contributed by atoms with Gasteiger partial charge in [-0.25, -0.2) is 9.98 Å². The summed E-state index contributed by atoms with van der Waals surface area (Å²) in [4.78, 5) is 13.1. The molecule has 1 aliphatic heterocycles. The minimum atomic E-state index is -0.159. The Kier molecular flexibility index (Phi) is 1.80. The highest BCUT2D eigenvalue weighted by Gasteiger charge is 2.13. The molecule has 0 amide bonds. The van der Waals surface area contributed by atoms with Crippen molar-refractivity contribution in [1.29, 1.82) is 0 Å². The van der Waals surface area contributed by atoms with Gasteiger partial charge in [-0.05, 0) is 26.8 Å². The second-order valence-corrected chi connectivity index (χ2v) is 4.75. The van der Waals surface area contributed by atoms with E-state index in [0.717, 1.165) is 15.2 Å². The van der Waals surface area contributed by atoms with E-state index in [9.17, 15) is 0 Å². The van der Waals surface area contributed by atoms with Gasteiger partial charge < -0.3 is 0 Å². The van der Waals surface area contributed by atoms with E-state index in [1.54, 1.807) is 17.5 Å². The molecule has 13 heavy (non-hydrogen) atoms. The number of thiazole rings is 1.